The lowest BCUT2D eigenvalue weighted by Gasteiger charge is -2.32. The summed E-state index contributed by atoms with van der Waals surface area (Å²) >= 11 is 0. The van der Waals surface area contributed by atoms with Crippen LogP contribution in [0.15, 0.2) is 24.3 Å². The molecule has 1 amide bonds. The van der Waals surface area contributed by atoms with E-state index >= 15 is 0 Å². The van der Waals surface area contributed by atoms with E-state index in [2.05, 4.69) is 5.32 Å². The Hall–Kier alpha value is -1.26. The van der Waals surface area contributed by atoms with Gasteiger partial charge in [-0.1, -0.05) is 18.2 Å². The summed E-state index contributed by atoms with van der Waals surface area (Å²) in [5, 5.41) is 3.26. The van der Waals surface area contributed by atoms with Gasteiger partial charge in [0.15, 0.2) is 0 Å². The second kappa shape index (κ2) is 8.12. The van der Waals surface area contributed by atoms with Crippen molar-refractivity contribution in [3.63, 3.8) is 0 Å². The van der Waals surface area contributed by atoms with E-state index in [4.69, 9.17) is 4.74 Å². The van der Waals surface area contributed by atoms with Crippen molar-refractivity contribution in [1.29, 1.82) is 0 Å². The van der Waals surface area contributed by atoms with Gasteiger partial charge < -0.3 is 15.0 Å². The Kier molecular flexibility index (Phi) is 6.82. The third kappa shape index (κ3) is 4.12. The molecule has 1 fully saturated rings. The van der Waals surface area contributed by atoms with Crippen LogP contribution in [0, 0.1) is 0 Å². The van der Waals surface area contributed by atoms with Crippen LogP contribution in [0.2, 0.25) is 0 Å². The Balaban J connectivity index is 0.00000200. The molecule has 0 radical (unpaired) electrons. The Morgan fingerprint density at radius 1 is 1.45 bits per heavy atom. The predicted octanol–water partition coefficient (Wildman–Crippen LogP) is 1.87. The van der Waals surface area contributed by atoms with Crippen molar-refractivity contribution in [1.82, 2.24) is 10.2 Å². The van der Waals surface area contributed by atoms with E-state index in [0.29, 0.717) is 12.5 Å². The van der Waals surface area contributed by atoms with Crippen LogP contribution >= 0.6 is 12.4 Å². The number of para-hydroxylation sites is 1. The smallest absolute Gasteiger partial charge is 0.227 e. The SMILES string of the molecule is CNC1CCCN(C(=O)Cc2ccccc2OC)C1.Cl. The summed E-state index contributed by atoms with van der Waals surface area (Å²) in [5.74, 6) is 0.975. The van der Waals surface area contributed by atoms with Crippen LogP contribution in [0.3, 0.4) is 0 Å². The number of amides is 1. The van der Waals surface area contributed by atoms with Crippen molar-refractivity contribution in [2.45, 2.75) is 25.3 Å². The third-order valence-corrected chi connectivity index (χ3v) is 3.72. The predicted molar refractivity (Wildman–Crippen MR) is 82.6 cm³/mol. The number of nitrogens with zero attached hydrogens (tertiary/aromatic N) is 1. The van der Waals surface area contributed by atoms with E-state index in [9.17, 15) is 4.79 Å². The van der Waals surface area contributed by atoms with Gasteiger partial charge in [0.1, 0.15) is 5.75 Å². The molecule has 1 aliphatic rings. The summed E-state index contributed by atoms with van der Waals surface area (Å²) in [7, 11) is 3.60. The number of carbonyl (C=O) groups is 1. The van der Waals surface area contributed by atoms with Crippen LogP contribution in [0.1, 0.15) is 18.4 Å². The molecule has 1 aromatic rings. The Morgan fingerprint density at radius 2 is 2.20 bits per heavy atom. The number of ether oxygens (including phenoxy) is 1. The summed E-state index contributed by atoms with van der Waals surface area (Å²) < 4.78 is 5.29. The van der Waals surface area contributed by atoms with Gasteiger partial charge in [-0.15, -0.1) is 12.4 Å². The molecule has 0 saturated carbocycles. The third-order valence-electron chi connectivity index (χ3n) is 3.72. The number of nitrogens with one attached hydrogen (secondary N) is 1. The molecular weight excluding hydrogens is 276 g/mol. The summed E-state index contributed by atoms with van der Waals surface area (Å²) in [4.78, 5) is 14.3. The zero-order valence-electron chi connectivity index (χ0n) is 12.1. The standard InChI is InChI=1S/C15H22N2O2.ClH/c1-16-13-7-5-9-17(11-13)15(18)10-12-6-3-4-8-14(12)19-2;/h3-4,6,8,13,16H,5,7,9-11H2,1-2H3;1H. The first kappa shape index (κ1) is 16.8. The molecule has 1 N–H and O–H groups in total. The summed E-state index contributed by atoms with van der Waals surface area (Å²) in [5.41, 5.74) is 0.960. The van der Waals surface area contributed by atoms with Gasteiger partial charge in [-0.2, -0.15) is 0 Å². The molecule has 1 saturated heterocycles. The molecule has 112 valence electrons. The molecule has 20 heavy (non-hydrogen) atoms. The van der Waals surface area contributed by atoms with Crippen molar-refractivity contribution in [3.8, 4) is 5.75 Å². The van der Waals surface area contributed by atoms with E-state index in [1.54, 1.807) is 7.11 Å². The van der Waals surface area contributed by atoms with Crippen LogP contribution in [-0.4, -0.2) is 44.1 Å². The first-order valence-corrected chi connectivity index (χ1v) is 6.81. The number of rotatable bonds is 4. The van der Waals surface area contributed by atoms with Crippen LogP contribution < -0.4 is 10.1 Å². The number of methoxy groups -OCH3 is 1. The van der Waals surface area contributed by atoms with Gasteiger partial charge in [0.25, 0.3) is 0 Å². The van der Waals surface area contributed by atoms with E-state index in [0.717, 1.165) is 37.2 Å². The highest BCUT2D eigenvalue weighted by molar-refractivity contribution is 5.85. The summed E-state index contributed by atoms with van der Waals surface area (Å²) in [6, 6.07) is 8.14. The molecule has 1 aromatic carbocycles. The lowest BCUT2D eigenvalue weighted by molar-refractivity contribution is -0.131. The number of halogens is 1. The molecule has 1 unspecified atom stereocenters. The van der Waals surface area contributed by atoms with Crippen LogP contribution in [-0.2, 0) is 11.2 Å². The van der Waals surface area contributed by atoms with Crippen LogP contribution in [0.5, 0.6) is 5.75 Å². The Labute approximate surface area is 126 Å². The number of piperidine rings is 1. The quantitative estimate of drug-likeness (QED) is 0.923. The lowest BCUT2D eigenvalue weighted by atomic mass is 10.0. The normalized spacial score (nSPS) is 18.3. The Bertz CT molecular complexity index is 440. The van der Waals surface area contributed by atoms with Crippen molar-refractivity contribution in [2.24, 2.45) is 0 Å². The molecule has 5 heteroatoms. The minimum absolute atomic E-state index is 0. The highest BCUT2D eigenvalue weighted by Gasteiger charge is 2.23. The summed E-state index contributed by atoms with van der Waals surface area (Å²) in [6.07, 6.45) is 2.64. The largest absolute Gasteiger partial charge is 0.496 e. The van der Waals surface area contributed by atoms with Crippen LogP contribution in [0.25, 0.3) is 0 Å². The van der Waals surface area contributed by atoms with Gasteiger partial charge in [-0.25, -0.2) is 0 Å². The van der Waals surface area contributed by atoms with E-state index < -0.39 is 0 Å². The molecule has 2 rings (SSSR count). The first-order chi connectivity index (χ1) is 9.24. The summed E-state index contributed by atoms with van der Waals surface area (Å²) in [6.45, 7) is 1.68. The van der Waals surface area contributed by atoms with E-state index in [1.807, 2.05) is 36.2 Å². The number of hydrogen-bond donors (Lipinski definition) is 1. The number of likely N-dealkylation sites (tertiary alicyclic amines) is 1. The monoisotopic (exact) mass is 298 g/mol. The fourth-order valence-corrected chi connectivity index (χ4v) is 2.56. The minimum Gasteiger partial charge on any atom is -0.496 e. The molecule has 1 heterocycles. The van der Waals surface area contributed by atoms with Gasteiger partial charge in [0.05, 0.1) is 13.5 Å². The zero-order valence-corrected chi connectivity index (χ0v) is 12.9. The maximum absolute atomic E-state index is 12.3. The highest BCUT2D eigenvalue weighted by Crippen LogP contribution is 2.19. The van der Waals surface area contributed by atoms with Crippen molar-refractivity contribution < 1.29 is 9.53 Å². The molecule has 4 nitrogen and oxygen atoms in total. The molecule has 0 spiro atoms. The number of carbonyl (C=O) groups excluding carboxylic acids is 1. The van der Waals surface area contributed by atoms with E-state index in [-0.39, 0.29) is 18.3 Å². The van der Waals surface area contributed by atoms with Gasteiger partial charge in [0, 0.05) is 24.7 Å². The van der Waals surface area contributed by atoms with Gasteiger partial charge in [-0.3, -0.25) is 4.79 Å². The maximum atomic E-state index is 12.3. The zero-order chi connectivity index (χ0) is 13.7. The average molecular weight is 299 g/mol. The molecule has 0 aliphatic carbocycles. The average Bonchev–Trinajstić information content (AvgIpc) is 2.47. The van der Waals surface area contributed by atoms with Crippen LogP contribution in [0.4, 0.5) is 0 Å². The van der Waals surface area contributed by atoms with Crippen molar-refractivity contribution >= 4 is 18.3 Å². The second-order valence-electron chi connectivity index (χ2n) is 4.96. The number of hydrogen-bond acceptors (Lipinski definition) is 3. The molecule has 1 aliphatic heterocycles. The molecular formula is C15H23ClN2O2. The number of likely N-dealkylation sites (N-methyl/N-ethyl adjacent to an activating group) is 1. The van der Waals surface area contributed by atoms with Gasteiger partial charge in [0.2, 0.25) is 5.91 Å². The van der Waals surface area contributed by atoms with Crippen molar-refractivity contribution in [3.05, 3.63) is 29.8 Å². The number of benzene rings is 1. The molecule has 0 bridgehead atoms. The van der Waals surface area contributed by atoms with Gasteiger partial charge in [-0.05, 0) is 26.0 Å². The first-order valence-electron chi connectivity index (χ1n) is 6.81. The van der Waals surface area contributed by atoms with Gasteiger partial charge >= 0.3 is 0 Å². The molecule has 1 atom stereocenters. The second-order valence-corrected chi connectivity index (χ2v) is 4.96. The molecule has 0 aromatic heterocycles. The fraction of sp³-hybridized carbons (Fsp3) is 0.533. The Morgan fingerprint density at radius 3 is 2.90 bits per heavy atom. The maximum Gasteiger partial charge on any atom is 0.227 e. The topological polar surface area (TPSA) is 41.6 Å². The van der Waals surface area contributed by atoms with E-state index in [1.165, 1.54) is 0 Å². The highest BCUT2D eigenvalue weighted by atomic mass is 35.5. The fourth-order valence-electron chi connectivity index (χ4n) is 2.56. The van der Waals surface area contributed by atoms with Crippen molar-refractivity contribution in [2.75, 3.05) is 27.2 Å². The lowest BCUT2D eigenvalue weighted by Crippen LogP contribution is -2.47. The minimum atomic E-state index is 0.